The lowest BCUT2D eigenvalue weighted by molar-refractivity contribution is 0.601. The van der Waals surface area contributed by atoms with Crippen LogP contribution in [-0.2, 0) is 16.4 Å². The quantitative estimate of drug-likeness (QED) is 0.919. The van der Waals surface area contributed by atoms with E-state index in [0.29, 0.717) is 5.69 Å². The number of nitriles is 1. The topological polar surface area (TPSA) is 70.0 Å². The number of halogens is 1. The molecule has 0 bridgehead atoms. The van der Waals surface area contributed by atoms with Gasteiger partial charge in [0, 0.05) is 10.2 Å². The summed E-state index contributed by atoms with van der Waals surface area (Å²) in [7, 11) is -3.62. The second-order valence-electron chi connectivity index (χ2n) is 4.09. The molecule has 2 aromatic carbocycles. The summed E-state index contributed by atoms with van der Waals surface area (Å²) in [5, 5.41) is 8.58. The third-order valence-corrected chi connectivity index (χ3v) is 4.48. The summed E-state index contributed by atoms with van der Waals surface area (Å²) < 4.78 is 27.7. The predicted octanol–water partition coefficient (Wildman–Crippen LogP) is 3.32. The molecule has 20 heavy (non-hydrogen) atoms. The van der Waals surface area contributed by atoms with Crippen LogP contribution >= 0.6 is 15.9 Å². The van der Waals surface area contributed by atoms with Gasteiger partial charge in [-0.05, 0) is 35.9 Å². The average Bonchev–Trinajstić information content (AvgIpc) is 2.39. The molecule has 0 saturated carbocycles. The van der Waals surface area contributed by atoms with Crippen LogP contribution in [-0.4, -0.2) is 8.42 Å². The Morgan fingerprint density at radius 1 is 1.15 bits per heavy atom. The third-order valence-electron chi connectivity index (χ3n) is 2.59. The van der Waals surface area contributed by atoms with E-state index in [-0.39, 0.29) is 11.3 Å². The summed E-state index contributed by atoms with van der Waals surface area (Å²) in [5.74, 6) is 0. The van der Waals surface area contributed by atoms with Crippen LogP contribution in [0.4, 0.5) is 5.69 Å². The van der Waals surface area contributed by atoms with Crippen LogP contribution < -0.4 is 4.72 Å². The van der Waals surface area contributed by atoms with Crippen molar-refractivity contribution in [3.8, 4) is 6.07 Å². The highest BCUT2D eigenvalue weighted by Gasteiger charge is 2.13. The molecule has 0 aliphatic heterocycles. The lowest BCUT2D eigenvalue weighted by Crippen LogP contribution is -2.12. The average molecular weight is 351 g/mol. The Morgan fingerprint density at radius 2 is 1.85 bits per heavy atom. The fourth-order valence-corrected chi connectivity index (χ4v) is 3.09. The van der Waals surface area contributed by atoms with Crippen LogP contribution in [0.25, 0.3) is 0 Å². The van der Waals surface area contributed by atoms with Crippen molar-refractivity contribution in [1.29, 1.82) is 5.26 Å². The zero-order chi connectivity index (χ0) is 14.6. The van der Waals surface area contributed by atoms with Crippen LogP contribution in [0.15, 0.2) is 57.9 Å². The Labute approximate surface area is 126 Å². The monoisotopic (exact) mass is 350 g/mol. The summed E-state index contributed by atoms with van der Waals surface area (Å²) >= 11 is 3.29. The molecule has 0 aromatic heterocycles. The van der Waals surface area contributed by atoms with Crippen LogP contribution in [0, 0.1) is 11.3 Å². The molecule has 0 aliphatic rings. The molecule has 0 saturated heterocycles. The third kappa shape index (κ3) is 3.59. The normalized spacial score (nSPS) is 10.8. The minimum Gasteiger partial charge on any atom is -0.280 e. The first-order valence-corrected chi connectivity index (χ1v) is 8.03. The highest BCUT2D eigenvalue weighted by molar-refractivity contribution is 9.10. The molecular formula is C14H11BrN2O2S. The first-order chi connectivity index (χ1) is 9.51. The number of rotatable bonds is 4. The second kappa shape index (κ2) is 6.07. The Hall–Kier alpha value is -1.84. The summed E-state index contributed by atoms with van der Waals surface area (Å²) in [4.78, 5) is 0.166. The van der Waals surface area contributed by atoms with E-state index in [2.05, 4.69) is 20.7 Å². The zero-order valence-electron chi connectivity index (χ0n) is 10.4. The van der Waals surface area contributed by atoms with Gasteiger partial charge in [0.05, 0.1) is 17.4 Å². The number of anilines is 1. The summed E-state index contributed by atoms with van der Waals surface area (Å²) in [6.07, 6.45) is 0.263. The Bertz CT molecular complexity index is 749. The van der Waals surface area contributed by atoms with E-state index in [0.717, 1.165) is 10.0 Å². The number of nitrogens with one attached hydrogen (secondary N) is 1. The van der Waals surface area contributed by atoms with Crippen molar-refractivity contribution >= 4 is 31.6 Å². The Morgan fingerprint density at radius 3 is 2.45 bits per heavy atom. The molecule has 0 aliphatic carbocycles. The molecule has 102 valence electrons. The molecule has 0 radical (unpaired) electrons. The van der Waals surface area contributed by atoms with Gasteiger partial charge < -0.3 is 0 Å². The van der Waals surface area contributed by atoms with Crippen molar-refractivity contribution in [2.24, 2.45) is 0 Å². The zero-order valence-corrected chi connectivity index (χ0v) is 12.8. The van der Waals surface area contributed by atoms with Crippen LogP contribution in [0.5, 0.6) is 0 Å². The van der Waals surface area contributed by atoms with Crippen molar-refractivity contribution in [3.63, 3.8) is 0 Å². The minimum absolute atomic E-state index is 0.166. The molecule has 6 heteroatoms. The maximum Gasteiger partial charge on any atom is 0.261 e. The Balaban J connectivity index is 2.24. The first kappa shape index (κ1) is 14.6. The van der Waals surface area contributed by atoms with Gasteiger partial charge in [0.1, 0.15) is 0 Å². The highest BCUT2D eigenvalue weighted by Crippen LogP contribution is 2.20. The molecule has 2 rings (SSSR count). The fourth-order valence-electron chi connectivity index (χ4n) is 1.64. The van der Waals surface area contributed by atoms with Crippen molar-refractivity contribution in [2.45, 2.75) is 11.3 Å². The summed E-state index contributed by atoms with van der Waals surface area (Å²) in [5.41, 5.74) is 1.27. The molecule has 0 atom stereocenters. The molecule has 2 aromatic rings. The van der Waals surface area contributed by atoms with Crippen molar-refractivity contribution in [3.05, 3.63) is 58.6 Å². The van der Waals surface area contributed by atoms with E-state index in [1.165, 1.54) is 12.1 Å². The molecule has 0 spiro atoms. The lowest BCUT2D eigenvalue weighted by atomic mass is 10.2. The van der Waals surface area contributed by atoms with E-state index in [1.54, 1.807) is 30.3 Å². The van der Waals surface area contributed by atoms with Gasteiger partial charge in [-0.2, -0.15) is 5.26 Å². The van der Waals surface area contributed by atoms with Gasteiger partial charge >= 0.3 is 0 Å². The predicted molar refractivity (Wildman–Crippen MR) is 80.7 cm³/mol. The van der Waals surface area contributed by atoms with E-state index in [9.17, 15) is 8.42 Å². The van der Waals surface area contributed by atoms with Gasteiger partial charge in [-0.15, -0.1) is 0 Å². The fraction of sp³-hybridized carbons (Fsp3) is 0.0714. The smallest absolute Gasteiger partial charge is 0.261 e. The molecule has 0 amide bonds. The molecule has 0 unspecified atom stereocenters. The molecule has 1 N–H and O–H groups in total. The summed E-state index contributed by atoms with van der Waals surface area (Å²) in [6.45, 7) is 0. The number of benzene rings is 2. The van der Waals surface area contributed by atoms with Crippen molar-refractivity contribution in [1.82, 2.24) is 0 Å². The molecule has 0 heterocycles. The van der Waals surface area contributed by atoms with Gasteiger partial charge in [-0.1, -0.05) is 34.1 Å². The van der Waals surface area contributed by atoms with Gasteiger partial charge in [0.25, 0.3) is 10.0 Å². The second-order valence-corrected chi connectivity index (χ2v) is 6.69. The summed E-state index contributed by atoms with van der Waals surface area (Å²) in [6, 6.07) is 15.2. The van der Waals surface area contributed by atoms with Crippen molar-refractivity contribution in [2.75, 3.05) is 4.72 Å². The van der Waals surface area contributed by atoms with Gasteiger partial charge in [0.15, 0.2) is 0 Å². The maximum atomic E-state index is 12.2. The van der Waals surface area contributed by atoms with Crippen molar-refractivity contribution < 1.29 is 8.42 Å². The van der Waals surface area contributed by atoms with Crippen LogP contribution in [0.3, 0.4) is 0 Å². The largest absolute Gasteiger partial charge is 0.280 e. The highest BCUT2D eigenvalue weighted by atomic mass is 79.9. The van der Waals surface area contributed by atoms with Crippen LogP contribution in [0.1, 0.15) is 5.56 Å². The number of nitrogens with zero attached hydrogens (tertiary/aromatic N) is 1. The maximum absolute atomic E-state index is 12.2. The standard InChI is InChI=1S/C14H11BrN2O2S/c15-12-2-1-3-13(10-12)17-20(18,19)14-6-4-11(5-7-14)8-9-16/h1-7,10,17H,8H2. The number of sulfonamides is 1. The van der Waals surface area contributed by atoms with E-state index >= 15 is 0 Å². The molecular weight excluding hydrogens is 340 g/mol. The SMILES string of the molecule is N#CCc1ccc(S(=O)(=O)Nc2cccc(Br)c2)cc1. The van der Waals surface area contributed by atoms with E-state index in [1.807, 2.05) is 12.1 Å². The lowest BCUT2D eigenvalue weighted by Gasteiger charge is -2.08. The molecule has 0 fully saturated rings. The van der Waals surface area contributed by atoms with E-state index in [4.69, 9.17) is 5.26 Å². The first-order valence-electron chi connectivity index (χ1n) is 5.75. The van der Waals surface area contributed by atoms with Gasteiger partial charge in [-0.3, -0.25) is 4.72 Å². The van der Waals surface area contributed by atoms with Gasteiger partial charge in [-0.25, -0.2) is 8.42 Å². The molecule has 4 nitrogen and oxygen atoms in total. The van der Waals surface area contributed by atoms with E-state index < -0.39 is 10.0 Å². The Kier molecular flexibility index (Phi) is 4.42. The van der Waals surface area contributed by atoms with Crippen LogP contribution in [0.2, 0.25) is 0 Å². The number of hydrogen-bond acceptors (Lipinski definition) is 3. The van der Waals surface area contributed by atoms with Gasteiger partial charge in [0.2, 0.25) is 0 Å². The number of hydrogen-bond donors (Lipinski definition) is 1. The minimum atomic E-state index is -3.62.